The van der Waals surface area contributed by atoms with Crippen molar-refractivity contribution in [3.63, 3.8) is 0 Å². The van der Waals surface area contributed by atoms with Crippen LogP contribution in [0.2, 0.25) is 5.02 Å². The second-order valence-electron chi connectivity index (χ2n) is 7.83. The van der Waals surface area contributed by atoms with E-state index in [9.17, 15) is 4.79 Å². The molecule has 1 fully saturated rings. The number of morpholine rings is 1. The van der Waals surface area contributed by atoms with Gasteiger partial charge >= 0.3 is 0 Å². The molecule has 0 aliphatic carbocycles. The summed E-state index contributed by atoms with van der Waals surface area (Å²) in [6, 6.07) is 15.7. The van der Waals surface area contributed by atoms with Gasteiger partial charge in [-0.2, -0.15) is 0 Å². The van der Waals surface area contributed by atoms with Crippen LogP contribution in [0.15, 0.2) is 53.7 Å². The predicted molar refractivity (Wildman–Crippen MR) is 124 cm³/mol. The molecule has 6 nitrogen and oxygen atoms in total. The van der Waals surface area contributed by atoms with Crippen molar-refractivity contribution < 1.29 is 9.53 Å². The first kappa shape index (κ1) is 21.9. The van der Waals surface area contributed by atoms with Crippen LogP contribution in [0.3, 0.4) is 0 Å². The fourth-order valence-electron chi connectivity index (χ4n) is 3.75. The highest BCUT2D eigenvalue weighted by Gasteiger charge is 2.26. The van der Waals surface area contributed by atoms with E-state index in [0.29, 0.717) is 34.8 Å². The number of nitrogens with zero attached hydrogens (tertiary/aromatic N) is 4. The standard InChI is InChI=1S/C23H25ClN4O2S/c1-15-5-4-6-20(11-15)28-22(18-7-9-19(24)10-8-18)25-26-23(28)31-14-21(29)27-12-16(2)30-17(3)13-27/h4-11,16-17H,12-14H2,1-3H3/t16-,17-/m0/s1. The van der Waals surface area contributed by atoms with Gasteiger partial charge in [0, 0.05) is 29.4 Å². The molecule has 2 aromatic carbocycles. The maximum absolute atomic E-state index is 12.9. The third kappa shape index (κ3) is 5.11. The van der Waals surface area contributed by atoms with Gasteiger partial charge in [0.1, 0.15) is 0 Å². The summed E-state index contributed by atoms with van der Waals surface area (Å²) in [6.45, 7) is 7.27. The monoisotopic (exact) mass is 456 g/mol. The summed E-state index contributed by atoms with van der Waals surface area (Å²) in [6.07, 6.45) is 0.0929. The smallest absolute Gasteiger partial charge is 0.233 e. The molecule has 0 saturated carbocycles. The van der Waals surface area contributed by atoms with E-state index < -0.39 is 0 Å². The van der Waals surface area contributed by atoms with Crippen molar-refractivity contribution in [3.05, 3.63) is 59.1 Å². The average molecular weight is 457 g/mol. The number of aromatic nitrogens is 3. The molecule has 1 aliphatic heterocycles. The van der Waals surface area contributed by atoms with E-state index in [1.165, 1.54) is 11.8 Å². The Kier molecular flexibility index (Phi) is 6.65. The number of rotatable bonds is 5. The van der Waals surface area contributed by atoms with Gasteiger partial charge in [-0.15, -0.1) is 10.2 Å². The number of hydrogen-bond acceptors (Lipinski definition) is 5. The Balaban J connectivity index is 1.61. The fourth-order valence-corrected chi connectivity index (χ4v) is 4.73. The van der Waals surface area contributed by atoms with Crippen LogP contribution < -0.4 is 0 Å². The molecule has 0 unspecified atom stereocenters. The van der Waals surface area contributed by atoms with E-state index in [4.69, 9.17) is 16.3 Å². The topological polar surface area (TPSA) is 60.2 Å². The summed E-state index contributed by atoms with van der Waals surface area (Å²) in [5.41, 5.74) is 3.00. The lowest BCUT2D eigenvalue weighted by Crippen LogP contribution is -2.48. The van der Waals surface area contributed by atoms with Gasteiger partial charge in [0.2, 0.25) is 5.91 Å². The maximum atomic E-state index is 12.9. The van der Waals surface area contributed by atoms with E-state index in [-0.39, 0.29) is 18.1 Å². The number of aryl methyl sites for hydroxylation is 1. The maximum Gasteiger partial charge on any atom is 0.233 e. The zero-order chi connectivity index (χ0) is 22.0. The van der Waals surface area contributed by atoms with Crippen molar-refractivity contribution in [2.24, 2.45) is 0 Å². The van der Waals surface area contributed by atoms with Gasteiger partial charge in [0.15, 0.2) is 11.0 Å². The Hall–Kier alpha value is -2.35. The van der Waals surface area contributed by atoms with Gasteiger partial charge in [0.25, 0.3) is 0 Å². The highest BCUT2D eigenvalue weighted by atomic mass is 35.5. The SMILES string of the molecule is Cc1cccc(-n2c(SCC(=O)N3C[C@H](C)O[C@@H](C)C3)nnc2-c2ccc(Cl)cc2)c1. The van der Waals surface area contributed by atoms with E-state index in [2.05, 4.69) is 16.3 Å². The van der Waals surface area contributed by atoms with E-state index in [1.54, 1.807) is 0 Å². The molecule has 1 amide bonds. The van der Waals surface area contributed by atoms with Crippen molar-refractivity contribution >= 4 is 29.3 Å². The molecule has 0 radical (unpaired) electrons. The number of amides is 1. The van der Waals surface area contributed by atoms with Gasteiger partial charge in [-0.1, -0.05) is 35.5 Å². The lowest BCUT2D eigenvalue weighted by atomic mass is 10.2. The van der Waals surface area contributed by atoms with Crippen LogP contribution in [-0.4, -0.2) is 56.6 Å². The summed E-state index contributed by atoms with van der Waals surface area (Å²) < 4.78 is 7.74. The minimum absolute atomic E-state index is 0.0464. The quantitative estimate of drug-likeness (QED) is 0.524. The summed E-state index contributed by atoms with van der Waals surface area (Å²) in [5, 5.41) is 10.2. The minimum atomic E-state index is 0.0464. The molecule has 0 bridgehead atoms. The Morgan fingerprint density at radius 1 is 1.13 bits per heavy atom. The predicted octanol–water partition coefficient (Wildman–Crippen LogP) is 4.62. The summed E-state index contributed by atoms with van der Waals surface area (Å²) in [7, 11) is 0. The second-order valence-corrected chi connectivity index (χ2v) is 9.21. The fraction of sp³-hybridized carbons (Fsp3) is 0.348. The number of carbonyl (C=O) groups excluding carboxylic acids is 1. The van der Waals surface area contributed by atoms with Crippen LogP contribution in [0, 0.1) is 6.92 Å². The molecular weight excluding hydrogens is 432 g/mol. The van der Waals surface area contributed by atoms with Gasteiger partial charge in [-0.05, 0) is 62.7 Å². The summed E-state index contributed by atoms with van der Waals surface area (Å²) in [4.78, 5) is 14.7. The molecular formula is C23H25ClN4O2S. The van der Waals surface area contributed by atoms with E-state index in [0.717, 1.165) is 16.8 Å². The Morgan fingerprint density at radius 3 is 2.52 bits per heavy atom. The molecule has 2 heterocycles. The van der Waals surface area contributed by atoms with E-state index in [1.807, 2.05) is 72.7 Å². The Bertz CT molecular complexity index is 1060. The zero-order valence-corrected chi connectivity index (χ0v) is 19.4. The van der Waals surface area contributed by atoms with Crippen LogP contribution in [0.25, 0.3) is 17.1 Å². The molecule has 8 heteroatoms. The number of halogens is 1. The molecule has 4 rings (SSSR count). The highest BCUT2D eigenvalue weighted by molar-refractivity contribution is 7.99. The van der Waals surface area contributed by atoms with Gasteiger partial charge < -0.3 is 9.64 Å². The molecule has 31 heavy (non-hydrogen) atoms. The van der Waals surface area contributed by atoms with Crippen molar-refractivity contribution in [2.75, 3.05) is 18.8 Å². The first-order valence-corrected chi connectivity index (χ1v) is 11.6. The Labute approximate surface area is 191 Å². The number of benzene rings is 2. The molecule has 2 atom stereocenters. The molecule has 162 valence electrons. The Morgan fingerprint density at radius 2 is 1.84 bits per heavy atom. The van der Waals surface area contributed by atoms with Crippen LogP contribution in [0.1, 0.15) is 19.4 Å². The first-order chi connectivity index (χ1) is 14.9. The molecule has 0 spiro atoms. The largest absolute Gasteiger partial charge is 0.372 e. The van der Waals surface area contributed by atoms with Crippen LogP contribution in [0.4, 0.5) is 0 Å². The normalized spacial score (nSPS) is 18.9. The third-order valence-electron chi connectivity index (χ3n) is 5.09. The van der Waals surface area contributed by atoms with Crippen LogP contribution in [0.5, 0.6) is 0 Å². The lowest BCUT2D eigenvalue weighted by Gasteiger charge is -2.35. The molecule has 1 aliphatic rings. The molecule has 1 saturated heterocycles. The summed E-state index contributed by atoms with van der Waals surface area (Å²) in [5.74, 6) is 1.09. The van der Waals surface area contributed by atoms with Gasteiger partial charge in [0.05, 0.1) is 18.0 Å². The molecule has 0 N–H and O–H groups in total. The molecule has 3 aromatic rings. The van der Waals surface area contributed by atoms with Crippen molar-refractivity contribution in [3.8, 4) is 17.1 Å². The number of carbonyl (C=O) groups is 1. The van der Waals surface area contributed by atoms with Gasteiger partial charge in [-0.25, -0.2) is 0 Å². The van der Waals surface area contributed by atoms with Crippen LogP contribution >= 0.6 is 23.4 Å². The first-order valence-electron chi connectivity index (χ1n) is 10.2. The molecule has 1 aromatic heterocycles. The number of ether oxygens (including phenoxy) is 1. The van der Waals surface area contributed by atoms with Crippen molar-refractivity contribution in [1.82, 2.24) is 19.7 Å². The minimum Gasteiger partial charge on any atom is -0.372 e. The third-order valence-corrected chi connectivity index (χ3v) is 6.26. The highest BCUT2D eigenvalue weighted by Crippen LogP contribution is 2.29. The number of hydrogen-bond donors (Lipinski definition) is 0. The number of thioether (sulfide) groups is 1. The van der Waals surface area contributed by atoms with Gasteiger partial charge in [-0.3, -0.25) is 9.36 Å². The van der Waals surface area contributed by atoms with E-state index >= 15 is 0 Å². The van der Waals surface area contributed by atoms with Crippen LogP contribution in [-0.2, 0) is 9.53 Å². The second kappa shape index (κ2) is 9.42. The lowest BCUT2D eigenvalue weighted by molar-refractivity contribution is -0.140. The average Bonchev–Trinajstić information content (AvgIpc) is 3.16. The zero-order valence-electron chi connectivity index (χ0n) is 17.8. The summed E-state index contributed by atoms with van der Waals surface area (Å²) >= 11 is 7.46. The van der Waals surface area contributed by atoms with Crippen molar-refractivity contribution in [2.45, 2.75) is 38.1 Å². The van der Waals surface area contributed by atoms with Crippen molar-refractivity contribution in [1.29, 1.82) is 0 Å².